The predicted octanol–water partition coefficient (Wildman–Crippen LogP) is 7.49. The first-order chi connectivity index (χ1) is 16.6. The van der Waals surface area contributed by atoms with Gasteiger partial charge in [-0.25, -0.2) is 13.2 Å². The van der Waals surface area contributed by atoms with Gasteiger partial charge in [-0.15, -0.1) is 13.2 Å². The van der Waals surface area contributed by atoms with Crippen LogP contribution in [0.25, 0.3) is 0 Å². The number of fused-ring (bicyclic) bond motifs is 1. The van der Waals surface area contributed by atoms with Gasteiger partial charge in [-0.05, 0) is 93.0 Å². The van der Waals surface area contributed by atoms with Gasteiger partial charge in [0.1, 0.15) is 23.2 Å². The largest absolute Gasteiger partial charge is 0.573 e. The minimum atomic E-state index is -4.96. The van der Waals surface area contributed by atoms with Crippen LogP contribution in [0.4, 0.5) is 26.3 Å². The zero-order valence-corrected chi connectivity index (χ0v) is 19.2. The Hall–Kier alpha value is -2.66. The molecule has 188 valence electrons. The Bertz CT molecular complexity index is 1090. The van der Waals surface area contributed by atoms with Crippen LogP contribution in [0.3, 0.4) is 0 Å². The zero-order valence-electron chi connectivity index (χ0n) is 19.2. The van der Waals surface area contributed by atoms with Gasteiger partial charge in [-0.3, -0.25) is 0 Å². The van der Waals surface area contributed by atoms with Crippen LogP contribution in [-0.4, -0.2) is 19.1 Å². The van der Waals surface area contributed by atoms with Gasteiger partial charge in [-0.2, -0.15) is 0 Å². The van der Waals surface area contributed by atoms with E-state index in [-0.39, 0.29) is 11.5 Å². The van der Waals surface area contributed by atoms with E-state index in [9.17, 15) is 26.3 Å². The summed E-state index contributed by atoms with van der Waals surface area (Å²) in [4.78, 5) is 0. The van der Waals surface area contributed by atoms with E-state index in [4.69, 9.17) is 4.74 Å². The lowest BCUT2D eigenvalue weighted by molar-refractivity contribution is -0.274. The summed E-state index contributed by atoms with van der Waals surface area (Å²) in [5.74, 6) is 2.22. The highest BCUT2D eigenvalue weighted by Crippen LogP contribution is 2.47. The van der Waals surface area contributed by atoms with Crippen molar-refractivity contribution in [1.82, 2.24) is 0 Å². The summed E-state index contributed by atoms with van der Waals surface area (Å²) >= 11 is 0. The molecule has 0 radical (unpaired) electrons. The molecule has 2 aliphatic carbocycles. The van der Waals surface area contributed by atoms with E-state index < -0.39 is 35.1 Å². The van der Waals surface area contributed by atoms with Gasteiger partial charge in [0.15, 0.2) is 0 Å². The minimum Gasteiger partial charge on any atom is -0.406 e. The summed E-state index contributed by atoms with van der Waals surface area (Å²) < 4.78 is 89.9. The van der Waals surface area contributed by atoms with Gasteiger partial charge < -0.3 is 9.47 Å². The van der Waals surface area contributed by atoms with Gasteiger partial charge in [0.05, 0.1) is 17.2 Å². The lowest BCUT2D eigenvalue weighted by Crippen LogP contribution is -2.33. The van der Waals surface area contributed by atoms with Crippen LogP contribution in [-0.2, 0) is 4.74 Å². The molecular formula is C27H26F6O2. The Kier molecular flexibility index (Phi) is 7.65. The van der Waals surface area contributed by atoms with Crippen LogP contribution in [0.2, 0.25) is 0 Å². The first-order valence-corrected chi connectivity index (χ1v) is 11.8. The molecule has 35 heavy (non-hydrogen) atoms. The van der Waals surface area contributed by atoms with Crippen molar-refractivity contribution < 1.29 is 35.8 Å². The van der Waals surface area contributed by atoms with Crippen LogP contribution < -0.4 is 4.74 Å². The average Bonchev–Trinajstić information content (AvgIpc) is 2.78. The van der Waals surface area contributed by atoms with Crippen molar-refractivity contribution in [2.24, 2.45) is 11.8 Å². The fraction of sp³-hybridized carbons (Fsp3) is 0.481. The molecule has 0 saturated heterocycles. The van der Waals surface area contributed by atoms with Crippen LogP contribution in [0.5, 0.6) is 5.75 Å². The number of hydrogen-bond acceptors (Lipinski definition) is 2. The van der Waals surface area contributed by atoms with E-state index in [0.29, 0.717) is 36.2 Å². The molecule has 2 aromatic rings. The van der Waals surface area contributed by atoms with E-state index >= 15 is 0 Å². The van der Waals surface area contributed by atoms with Crippen molar-refractivity contribution in [1.29, 1.82) is 0 Å². The summed E-state index contributed by atoms with van der Waals surface area (Å²) in [6.07, 6.45) is 1.18. The maximum Gasteiger partial charge on any atom is 0.573 e. The zero-order chi connectivity index (χ0) is 25.2. The predicted molar refractivity (Wildman–Crippen MR) is 118 cm³/mol. The smallest absolute Gasteiger partial charge is 0.406 e. The molecule has 0 aliphatic heterocycles. The molecule has 0 spiro atoms. The molecule has 0 amide bonds. The third kappa shape index (κ3) is 6.32. The monoisotopic (exact) mass is 496 g/mol. The van der Waals surface area contributed by atoms with Crippen molar-refractivity contribution in [3.8, 4) is 17.6 Å². The summed E-state index contributed by atoms with van der Waals surface area (Å²) in [6.45, 7) is 2.71. The highest BCUT2D eigenvalue weighted by Gasteiger charge is 2.36. The molecule has 0 heterocycles. The maximum absolute atomic E-state index is 14.8. The number of benzene rings is 2. The van der Waals surface area contributed by atoms with E-state index in [1.807, 2.05) is 6.92 Å². The van der Waals surface area contributed by atoms with Gasteiger partial charge >= 0.3 is 6.36 Å². The average molecular weight is 496 g/mol. The highest BCUT2D eigenvalue weighted by atomic mass is 19.4. The third-order valence-electron chi connectivity index (χ3n) is 7.00. The van der Waals surface area contributed by atoms with Crippen molar-refractivity contribution >= 4 is 0 Å². The van der Waals surface area contributed by atoms with E-state index in [2.05, 4.69) is 16.6 Å². The normalized spacial score (nSPS) is 24.3. The molecule has 8 heteroatoms. The molecule has 2 nitrogen and oxygen atoms in total. The van der Waals surface area contributed by atoms with E-state index in [1.165, 1.54) is 12.1 Å². The molecule has 0 bridgehead atoms. The highest BCUT2D eigenvalue weighted by molar-refractivity contribution is 5.47. The van der Waals surface area contributed by atoms with Crippen LogP contribution in [0.15, 0.2) is 30.3 Å². The fourth-order valence-corrected chi connectivity index (χ4v) is 5.41. The second-order valence-electron chi connectivity index (χ2n) is 9.22. The quantitative estimate of drug-likeness (QED) is 0.323. The second-order valence-corrected chi connectivity index (χ2v) is 9.22. The van der Waals surface area contributed by atoms with Gasteiger partial charge in [0.2, 0.25) is 0 Å². The number of rotatable bonds is 4. The number of alkyl halides is 3. The Labute approximate surface area is 200 Å². The number of hydrogen-bond donors (Lipinski definition) is 0. The van der Waals surface area contributed by atoms with E-state index in [0.717, 1.165) is 50.7 Å². The fourth-order valence-electron chi connectivity index (χ4n) is 5.41. The lowest BCUT2D eigenvalue weighted by atomic mass is 9.65. The molecule has 2 aromatic carbocycles. The van der Waals surface area contributed by atoms with Crippen LogP contribution >= 0.6 is 0 Å². The first-order valence-electron chi connectivity index (χ1n) is 11.8. The van der Waals surface area contributed by atoms with Gasteiger partial charge in [0.25, 0.3) is 0 Å². The summed E-state index contributed by atoms with van der Waals surface area (Å²) in [7, 11) is 0. The van der Waals surface area contributed by atoms with Gasteiger partial charge in [-0.1, -0.05) is 11.8 Å². The summed E-state index contributed by atoms with van der Waals surface area (Å²) in [6, 6.07) is 4.95. The van der Waals surface area contributed by atoms with Crippen LogP contribution in [0.1, 0.15) is 68.1 Å². The lowest BCUT2D eigenvalue weighted by Gasteiger charge is -2.42. The van der Waals surface area contributed by atoms with Crippen LogP contribution in [0, 0.1) is 41.1 Å². The Morgan fingerprint density at radius 2 is 1.54 bits per heavy atom. The second kappa shape index (κ2) is 10.5. The summed E-state index contributed by atoms with van der Waals surface area (Å²) in [5, 5.41) is 0. The SMILES string of the molecule is CCOC1CCC2CC(c3cc(F)c(C#Cc4ccc(OC(F)(F)F)cc4F)c(F)c3)CCC2C1. The van der Waals surface area contributed by atoms with Crippen molar-refractivity contribution in [3.05, 3.63) is 64.5 Å². The standard InChI is InChI=1S/C27H26F6O2/c1-2-34-21-8-6-17-11-18(3-4-19(17)12-21)20-13-25(29)23(26(30)14-20)10-7-16-5-9-22(15-24(16)28)35-27(31,32)33/h5,9,13-15,17-19,21H,2-4,6,8,11-12H2,1H3. The molecule has 2 aliphatic rings. The van der Waals surface area contributed by atoms with Gasteiger partial charge in [0, 0.05) is 12.7 Å². The summed E-state index contributed by atoms with van der Waals surface area (Å²) in [5.41, 5.74) is -0.214. The maximum atomic E-state index is 14.8. The Balaban J connectivity index is 1.47. The van der Waals surface area contributed by atoms with Crippen molar-refractivity contribution in [2.75, 3.05) is 6.61 Å². The molecule has 4 atom stereocenters. The first kappa shape index (κ1) is 25.4. The molecular weight excluding hydrogens is 470 g/mol. The van der Waals surface area contributed by atoms with Crippen molar-refractivity contribution in [3.63, 3.8) is 0 Å². The van der Waals surface area contributed by atoms with Crippen molar-refractivity contribution in [2.45, 2.75) is 63.8 Å². The molecule has 0 aromatic heterocycles. The number of ether oxygens (including phenoxy) is 2. The number of halogens is 6. The Morgan fingerprint density at radius 3 is 2.20 bits per heavy atom. The molecule has 2 fully saturated rings. The molecule has 4 rings (SSSR count). The van der Waals surface area contributed by atoms with E-state index in [1.54, 1.807) is 0 Å². The topological polar surface area (TPSA) is 18.5 Å². The molecule has 4 unspecified atom stereocenters. The minimum absolute atomic E-state index is 0.0597. The Morgan fingerprint density at radius 1 is 0.857 bits per heavy atom. The molecule has 2 saturated carbocycles. The molecule has 0 N–H and O–H groups in total. The third-order valence-corrected chi connectivity index (χ3v) is 7.00.